The van der Waals surface area contributed by atoms with Crippen LogP contribution in [0.15, 0.2) is 0 Å². The second-order valence-electron chi connectivity index (χ2n) is 3.88. The van der Waals surface area contributed by atoms with Gasteiger partial charge in [0.2, 0.25) is 0 Å². The molecule has 1 N–H and O–H groups in total. The molecule has 1 rings (SSSR count). The Balaban J connectivity index is 2.21. The molecule has 1 atom stereocenters. The second-order valence-corrected chi connectivity index (χ2v) is 3.88. The Kier molecular flexibility index (Phi) is 3.71. The van der Waals surface area contributed by atoms with Crippen LogP contribution in [0.1, 0.15) is 32.6 Å². The summed E-state index contributed by atoms with van der Waals surface area (Å²) in [6, 6.07) is 2.43. The van der Waals surface area contributed by atoms with Crippen molar-refractivity contribution in [2.24, 2.45) is 0 Å². The molecule has 1 saturated carbocycles. The molecule has 1 unspecified atom stereocenters. The maximum atomic E-state index is 8.47. The maximum absolute atomic E-state index is 8.47. The van der Waals surface area contributed by atoms with E-state index in [1.54, 1.807) is 7.11 Å². The Morgan fingerprint density at radius 3 is 2.69 bits per heavy atom. The highest BCUT2D eigenvalue weighted by Crippen LogP contribution is 2.34. The van der Waals surface area contributed by atoms with Gasteiger partial charge in [0.25, 0.3) is 0 Å². The summed E-state index contributed by atoms with van der Waals surface area (Å²) in [7, 11) is 1.77. The third-order valence-corrected chi connectivity index (χ3v) is 2.87. The summed E-state index contributed by atoms with van der Waals surface area (Å²) in [5.41, 5.74) is 0.0731. The highest BCUT2D eigenvalue weighted by molar-refractivity contribution is 4.92. The fourth-order valence-corrected chi connectivity index (χ4v) is 1.59. The molecule has 0 aromatic rings. The minimum atomic E-state index is 0.0731. The summed E-state index contributed by atoms with van der Waals surface area (Å²) in [6.45, 7) is 2.91. The monoisotopic (exact) mass is 182 g/mol. The van der Waals surface area contributed by atoms with Gasteiger partial charge < -0.3 is 10.1 Å². The maximum Gasteiger partial charge on any atom is 0.0802 e. The van der Waals surface area contributed by atoms with Gasteiger partial charge in [0.15, 0.2) is 0 Å². The van der Waals surface area contributed by atoms with Crippen LogP contribution in [-0.4, -0.2) is 25.3 Å². The molecule has 3 heteroatoms. The Morgan fingerprint density at radius 1 is 1.62 bits per heavy atom. The van der Waals surface area contributed by atoms with E-state index in [4.69, 9.17) is 10.00 Å². The Labute approximate surface area is 80.1 Å². The minimum absolute atomic E-state index is 0.0731. The Morgan fingerprint density at radius 2 is 2.31 bits per heavy atom. The average Bonchev–Trinajstić information content (AvgIpc) is 2.04. The lowest BCUT2D eigenvalue weighted by Crippen LogP contribution is -2.49. The molecular weight excluding hydrogens is 164 g/mol. The number of nitrogens with zero attached hydrogens (tertiary/aromatic N) is 1. The first-order valence-corrected chi connectivity index (χ1v) is 4.88. The van der Waals surface area contributed by atoms with Crippen LogP contribution >= 0.6 is 0 Å². The molecule has 0 heterocycles. The molecule has 1 aliphatic carbocycles. The van der Waals surface area contributed by atoms with E-state index >= 15 is 0 Å². The van der Waals surface area contributed by atoms with Crippen molar-refractivity contribution in [1.29, 1.82) is 5.26 Å². The predicted molar refractivity (Wildman–Crippen MR) is 51.3 cm³/mol. The number of rotatable bonds is 5. The summed E-state index contributed by atoms with van der Waals surface area (Å²) < 4.78 is 5.46. The van der Waals surface area contributed by atoms with Gasteiger partial charge >= 0.3 is 0 Å². The van der Waals surface area contributed by atoms with Crippen molar-refractivity contribution < 1.29 is 4.74 Å². The van der Waals surface area contributed by atoms with Crippen molar-refractivity contribution in [3.63, 3.8) is 0 Å². The van der Waals surface area contributed by atoms with Crippen LogP contribution in [0.4, 0.5) is 0 Å². The SMILES string of the molecule is COC1(CNC(C)CC#N)CCC1. The van der Waals surface area contributed by atoms with E-state index in [0.29, 0.717) is 6.42 Å². The predicted octanol–water partition coefficient (Wildman–Crippen LogP) is 1.45. The molecule has 13 heavy (non-hydrogen) atoms. The van der Waals surface area contributed by atoms with Gasteiger partial charge in [-0.2, -0.15) is 5.26 Å². The topological polar surface area (TPSA) is 45.0 Å². The number of nitriles is 1. The molecule has 0 bridgehead atoms. The van der Waals surface area contributed by atoms with E-state index in [-0.39, 0.29) is 11.6 Å². The quantitative estimate of drug-likeness (QED) is 0.700. The lowest BCUT2D eigenvalue weighted by molar-refractivity contribution is -0.0705. The number of ether oxygens (including phenoxy) is 1. The van der Waals surface area contributed by atoms with E-state index in [1.165, 1.54) is 6.42 Å². The molecule has 3 nitrogen and oxygen atoms in total. The first-order chi connectivity index (χ1) is 6.22. The molecule has 1 fully saturated rings. The zero-order valence-corrected chi connectivity index (χ0v) is 8.47. The lowest BCUT2D eigenvalue weighted by Gasteiger charge is -2.41. The third-order valence-electron chi connectivity index (χ3n) is 2.87. The summed E-state index contributed by atoms with van der Waals surface area (Å²) in [5, 5.41) is 11.8. The first-order valence-electron chi connectivity index (χ1n) is 4.88. The lowest BCUT2D eigenvalue weighted by atomic mass is 9.80. The third kappa shape index (κ3) is 2.68. The molecule has 74 valence electrons. The summed E-state index contributed by atoms with van der Waals surface area (Å²) in [4.78, 5) is 0. The van der Waals surface area contributed by atoms with Crippen LogP contribution in [0.5, 0.6) is 0 Å². The molecule has 0 aromatic heterocycles. The molecule has 0 radical (unpaired) electrons. The standard InChI is InChI=1S/C10H18N2O/c1-9(4-7-11)12-8-10(13-2)5-3-6-10/h9,12H,3-6,8H2,1-2H3. The van der Waals surface area contributed by atoms with Gasteiger partial charge in [-0.15, -0.1) is 0 Å². The molecular formula is C10H18N2O. The first kappa shape index (κ1) is 10.5. The molecule has 0 aliphatic heterocycles. The van der Waals surface area contributed by atoms with Gasteiger partial charge in [-0.25, -0.2) is 0 Å². The highest BCUT2D eigenvalue weighted by atomic mass is 16.5. The van der Waals surface area contributed by atoms with Crippen molar-refractivity contribution in [3.8, 4) is 6.07 Å². The van der Waals surface area contributed by atoms with Gasteiger partial charge in [-0.1, -0.05) is 0 Å². The van der Waals surface area contributed by atoms with Gasteiger partial charge in [-0.3, -0.25) is 0 Å². The van der Waals surface area contributed by atoms with Gasteiger partial charge in [0.1, 0.15) is 0 Å². The molecule has 0 spiro atoms. The van der Waals surface area contributed by atoms with Crippen LogP contribution in [0.25, 0.3) is 0 Å². The van der Waals surface area contributed by atoms with Gasteiger partial charge in [0.05, 0.1) is 18.1 Å². The number of hydrogen-bond donors (Lipinski definition) is 1. The van der Waals surface area contributed by atoms with Crippen LogP contribution < -0.4 is 5.32 Å². The van der Waals surface area contributed by atoms with E-state index in [0.717, 1.165) is 19.4 Å². The fourth-order valence-electron chi connectivity index (χ4n) is 1.59. The van der Waals surface area contributed by atoms with Crippen LogP contribution in [-0.2, 0) is 4.74 Å². The zero-order chi connectivity index (χ0) is 9.73. The van der Waals surface area contributed by atoms with Crippen molar-refractivity contribution >= 4 is 0 Å². The Bertz CT molecular complexity index is 188. The normalized spacial score (nSPS) is 21.6. The fraction of sp³-hybridized carbons (Fsp3) is 0.900. The van der Waals surface area contributed by atoms with E-state index in [2.05, 4.69) is 11.4 Å². The zero-order valence-electron chi connectivity index (χ0n) is 8.47. The Hall–Kier alpha value is -0.590. The van der Waals surface area contributed by atoms with Crippen molar-refractivity contribution in [1.82, 2.24) is 5.32 Å². The molecule has 1 aliphatic rings. The average molecular weight is 182 g/mol. The van der Waals surface area contributed by atoms with E-state index in [1.807, 2.05) is 6.92 Å². The molecule has 0 aromatic carbocycles. The summed E-state index contributed by atoms with van der Waals surface area (Å²) in [6.07, 6.45) is 4.13. The van der Waals surface area contributed by atoms with Crippen molar-refractivity contribution in [2.45, 2.75) is 44.2 Å². The van der Waals surface area contributed by atoms with Gasteiger partial charge in [0, 0.05) is 19.7 Å². The molecule has 0 saturated heterocycles. The smallest absolute Gasteiger partial charge is 0.0802 e. The largest absolute Gasteiger partial charge is 0.377 e. The second kappa shape index (κ2) is 4.59. The van der Waals surface area contributed by atoms with E-state index < -0.39 is 0 Å². The summed E-state index contributed by atoms with van der Waals surface area (Å²) >= 11 is 0. The van der Waals surface area contributed by atoms with Gasteiger partial charge in [-0.05, 0) is 26.2 Å². The molecule has 0 amide bonds. The number of methoxy groups -OCH3 is 1. The highest BCUT2D eigenvalue weighted by Gasteiger charge is 2.36. The van der Waals surface area contributed by atoms with Crippen LogP contribution in [0.2, 0.25) is 0 Å². The van der Waals surface area contributed by atoms with Crippen molar-refractivity contribution in [2.75, 3.05) is 13.7 Å². The van der Waals surface area contributed by atoms with Crippen molar-refractivity contribution in [3.05, 3.63) is 0 Å². The number of hydrogen-bond acceptors (Lipinski definition) is 3. The number of nitrogens with one attached hydrogen (secondary N) is 1. The minimum Gasteiger partial charge on any atom is -0.377 e. The van der Waals surface area contributed by atoms with Crippen LogP contribution in [0, 0.1) is 11.3 Å². The summed E-state index contributed by atoms with van der Waals surface area (Å²) in [5.74, 6) is 0. The van der Waals surface area contributed by atoms with E-state index in [9.17, 15) is 0 Å². The van der Waals surface area contributed by atoms with Crippen LogP contribution in [0.3, 0.4) is 0 Å².